The molecule has 1 saturated heterocycles. The molecule has 0 radical (unpaired) electrons. The van der Waals surface area contributed by atoms with Crippen LogP contribution in [-0.2, 0) is 4.79 Å². The number of piperidine rings is 1. The molecule has 15 heavy (non-hydrogen) atoms. The molecule has 0 aliphatic carbocycles. The maximum Gasteiger partial charge on any atom is 0.236 e. The average Bonchev–Trinajstić information content (AvgIpc) is 2.29. The molecule has 1 rings (SSSR count). The number of nitrogens with zero attached hydrogens (tertiary/aromatic N) is 1. The zero-order valence-corrected chi connectivity index (χ0v) is 9.88. The molecule has 0 aromatic heterocycles. The average molecular weight is 213 g/mol. The highest BCUT2D eigenvalue weighted by Crippen LogP contribution is 2.05. The van der Waals surface area contributed by atoms with Crippen LogP contribution < -0.4 is 10.6 Å². The summed E-state index contributed by atoms with van der Waals surface area (Å²) in [6.45, 7) is 5.25. The van der Waals surface area contributed by atoms with Crippen molar-refractivity contribution in [3.05, 3.63) is 0 Å². The van der Waals surface area contributed by atoms with Gasteiger partial charge in [-0.3, -0.25) is 4.79 Å². The lowest BCUT2D eigenvalue weighted by Gasteiger charge is -2.24. The Kier molecular flexibility index (Phi) is 5.65. The predicted octanol–water partition coefficient (Wildman–Crippen LogP) is 0.196. The number of nitrogens with one attached hydrogen (secondary N) is 2. The number of amides is 1. The number of carbonyl (C=O) groups is 1. The van der Waals surface area contributed by atoms with Gasteiger partial charge in [0.2, 0.25) is 5.91 Å². The van der Waals surface area contributed by atoms with E-state index in [4.69, 9.17) is 0 Å². The van der Waals surface area contributed by atoms with Crippen LogP contribution in [0.5, 0.6) is 0 Å². The van der Waals surface area contributed by atoms with Gasteiger partial charge in [-0.1, -0.05) is 6.42 Å². The molecular formula is C11H23N3O. The Bertz CT molecular complexity index is 190. The van der Waals surface area contributed by atoms with E-state index in [0.29, 0.717) is 12.6 Å². The second kappa shape index (κ2) is 6.80. The molecule has 0 spiro atoms. The Morgan fingerprint density at radius 2 is 2.33 bits per heavy atom. The van der Waals surface area contributed by atoms with E-state index >= 15 is 0 Å². The summed E-state index contributed by atoms with van der Waals surface area (Å²) in [4.78, 5) is 13.2. The molecule has 4 nitrogen and oxygen atoms in total. The summed E-state index contributed by atoms with van der Waals surface area (Å²) in [5, 5.41) is 6.67. The Balaban J connectivity index is 2.07. The van der Waals surface area contributed by atoms with Crippen LogP contribution in [0.3, 0.4) is 0 Å². The van der Waals surface area contributed by atoms with Crippen LogP contribution in [0.25, 0.3) is 0 Å². The van der Waals surface area contributed by atoms with Gasteiger partial charge in [0.25, 0.3) is 0 Å². The lowest BCUT2D eigenvalue weighted by molar-refractivity contribution is -0.128. The van der Waals surface area contributed by atoms with E-state index in [1.807, 2.05) is 14.0 Å². The molecule has 4 heteroatoms. The van der Waals surface area contributed by atoms with Crippen LogP contribution in [0.2, 0.25) is 0 Å². The smallest absolute Gasteiger partial charge is 0.236 e. The van der Waals surface area contributed by atoms with Gasteiger partial charge in [0.15, 0.2) is 0 Å². The van der Waals surface area contributed by atoms with Crippen molar-refractivity contribution in [3.8, 4) is 0 Å². The standard InChI is InChI=1S/C11H23N3O/c1-3-14(2)11(15)9-12-8-10-6-4-5-7-13-10/h10,12-13H,3-9H2,1-2H3. The molecule has 1 amide bonds. The molecule has 88 valence electrons. The maximum absolute atomic E-state index is 11.5. The van der Waals surface area contributed by atoms with E-state index in [2.05, 4.69) is 10.6 Å². The van der Waals surface area contributed by atoms with Gasteiger partial charge in [-0.25, -0.2) is 0 Å². The summed E-state index contributed by atoms with van der Waals surface area (Å²) in [6.07, 6.45) is 3.82. The van der Waals surface area contributed by atoms with Gasteiger partial charge in [-0.05, 0) is 26.3 Å². The third kappa shape index (κ3) is 4.62. The molecule has 1 atom stereocenters. The van der Waals surface area contributed by atoms with Crippen molar-refractivity contribution in [3.63, 3.8) is 0 Å². The molecule has 0 aromatic carbocycles. The third-order valence-electron chi connectivity index (χ3n) is 2.98. The first kappa shape index (κ1) is 12.5. The van der Waals surface area contributed by atoms with Crippen LogP contribution in [0.1, 0.15) is 26.2 Å². The molecule has 2 N–H and O–H groups in total. The van der Waals surface area contributed by atoms with Crippen molar-refractivity contribution in [2.24, 2.45) is 0 Å². The lowest BCUT2D eigenvalue weighted by Crippen LogP contribution is -2.44. The van der Waals surface area contributed by atoms with Gasteiger partial charge in [0, 0.05) is 26.2 Å². The number of rotatable bonds is 5. The SMILES string of the molecule is CCN(C)C(=O)CNCC1CCCCN1. The van der Waals surface area contributed by atoms with Gasteiger partial charge in [0.1, 0.15) is 0 Å². The maximum atomic E-state index is 11.5. The van der Waals surface area contributed by atoms with Crippen molar-refractivity contribution >= 4 is 5.91 Å². The summed E-state index contributed by atoms with van der Waals surface area (Å²) < 4.78 is 0. The van der Waals surface area contributed by atoms with Gasteiger partial charge >= 0.3 is 0 Å². The minimum atomic E-state index is 0.174. The molecule has 0 bridgehead atoms. The highest BCUT2D eigenvalue weighted by Gasteiger charge is 2.12. The Labute approximate surface area is 92.4 Å². The van der Waals surface area contributed by atoms with E-state index in [1.165, 1.54) is 19.3 Å². The molecule has 1 aliphatic rings. The number of likely N-dealkylation sites (N-methyl/N-ethyl adjacent to an activating group) is 1. The van der Waals surface area contributed by atoms with Crippen LogP contribution in [-0.4, -0.2) is 50.1 Å². The molecular weight excluding hydrogens is 190 g/mol. The Hall–Kier alpha value is -0.610. The van der Waals surface area contributed by atoms with Crippen molar-refractivity contribution < 1.29 is 4.79 Å². The first-order valence-electron chi connectivity index (χ1n) is 5.92. The normalized spacial score (nSPS) is 21.3. The largest absolute Gasteiger partial charge is 0.345 e. The fraction of sp³-hybridized carbons (Fsp3) is 0.909. The predicted molar refractivity (Wildman–Crippen MR) is 61.8 cm³/mol. The number of hydrogen-bond acceptors (Lipinski definition) is 3. The highest BCUT2D eigenvalue weighted by molar-refractivity contribution is 5.77. The van der Waals surface area contributed by atoms with Crippen LogP contribution in [0.4, 0.5) is 0 Å². The first-order chi connectivity index (χ1) is 7.24. The van der Waals surface area contributed by atoms with Gasteiger partial charge in [0.05, 0.1) is 6.54 Å². The van der Waals surface area contributed by atoms with Crippen LogP contribution >= 0.6 is 0 Å². The van der Waals surface area contributed by atoms with E-state index in [9.17, 15) is 4.79 Å². The first-order valence-corrected chi connectivity index (χ1v) is 5.92. The van der Waals surface area contributed by atoms with E-state index in [-0.39, 0.29) is 5.91 Å². The monoisotopic (exact) mass is 213 g/mol. The minimum Gasteiger partial charge on any atom is -0.345 e. The summed E-state index contributed by atoms with van der Waals surface area (Å²) in [5.41, 5.74) is 0. The summed E-state index contributed by atoms with van der Waals surface area (Å²) in [6, 6.07) is 0.554. The molecule has 0 saturated carbocycles. The quantitative estimate of drug-likeness (QED) is 0.685. The van der Waals surface area contributed by atoms with Crippen molar-refractivity contribution in [1.82, 2.24) is 15.5 Å². The van der Waals surface area contributed by atoms with E-state index in [0.717, 1.165) is 19.6 Å². The Morgan fingerprint density at radius 1 is 1.53 bits per heavy atom. The summed E-state index contributed by atoms with van der Waals surface area (Å²) in [5.74, 6) is 0.174. The lowest BCUT2D eigenvalue weighted by atomic mass is 10.1. The fourth-order valence-electron chi connectivity index (χ4n) is 1.76. The highest BCUT2D eigenvalue weighted by atomic mass is 16.2. The van der Waals surface area contributed by atoms with Crippen LogP contribution in [0, 0.1) is 0 Å². The van der Waals surface area contributed by atoms with Crippen molar-refractivity contribution in [2.75, 3.05) is 33.2 Å². The van der Waals surface area contributed by atoms with Gasteiger partial charge in [-0.15, -0.1) is 0 Å². The van der Waals surface area contributed by atoms with Gasteiger partial charge in [-0.2, -0.15) is 0 Å². The summed E-state index contributed by atoms with van der Waals surface area (Å²) in [7, 11) is 1.84. The van der Waals surface area contributed by atoms with Crippen LogP contribution in [0.15, 0.2) is 0 Å². The minimum absolute atomic E-state index is 0.174. The van der Waals surface area contributed by atoms with Gasteiger partial charge < -0.3 is 15.5 Å². The number of carbonyl (C=O) groups excluding carboxylic acids is 1. The number of hydrogen-bond donors (Lipinski definition) is 2. The third-order valence-corrected chi connectivity index (χ3v) is 2.98. The second-order valence-electron chi connectivity index (χ2n) is 4.19. The molecule has 1 unspecified atom stereocenters. The molecule has 1 fully saturated rings. The molecule has 0 aromatic rings. The zero-order chi connectivity index (χ0) is 11.1. The van der Waals surface area contributed by atoms with Crippen molar-refractivity contribution in [1.29, 1.82) is 0 Å². The van der Waals surface area contributed by atoms with E-state index < -0.39 is 0 Å². The summed E-state index contributed by atoms with van der Waals surface area (Å²) >= 11 is 0. The molecule has 1 aliphatic heterocycles. The van der Waals surface area contributed by atoms with E-state index in [1.54, 1.807) is 4.90 Å². The van der Waals surface area contributed by atoms with Crippen molar-refractivity contribution in [2.45, 2.75) is 32.2 Å². The second-order valence-corrected chi connectivity index (χ2v) is 4.19. The zero-order valence-electron chi connectivity index (χ0n) is 9.88. The molecule has 1 heterocycles. The fourth-order valence-corrected chi connectivity index (χ4v) is 1.76. The Morgan fingerprint density at radius 3 is 2.93 bits per heavy atom. The topological polar surface area (TPSA) is 44.4 Å².